The van der Waals surface area contributed by atoms with Crippen molar-refractivity contribution in [2.75, 3.05) is 6.54 Å². The van der Waals surface area contributed by atoms with Gasteiger partial charge in [-0.2, -0.15) is 0 Å². The van der Waals surface area contributed by atoms with Crippen molar-refractivity contribution < 1.29 is 0 Å². The van der Waals surface area contributed by atoms with Crippen LogP contribution in [0.25, 0.3) is 0 Å². The Hall–Kier alpha value is -0.480. The van der Waals surface area contributed by atoms with Crippen LogP contribution in [0, 0.1) is 12.3 Å². The van der Waals surface area contributed by atoms with Gasteiger partial charge in [-0.3, -0.25) is 0 Å². The Kier molecular flexibility index (Phi) is 6.13. The Morgan fingerprint density at radius 3 is 2.50 bits per heavy atom. The van der Waals surface area contributed by atoms with Gasteiger partial charge >= 0.3 is 0 Å². The molecule has 0 aliphatic heterocycles. The average Bonchev–Trinajstić information content (AvgIpc) is 1.81. The molecule has 0 saturated heterocycles. The van der Waals surface area contributed by atoms with Gasteiger partial charge in [-0.15, -0.1) is 12.3 Å². The molecule has 0 rings (SSSR count). The molecule has 0 amide bonds. The Morgan fingerprint density at radius 2 is 2.00 bits per heavy atom. The minimum Gasteiger partial charge on any atom is -0.330 e. The van der Waals surface area contributed by atoms with E-state index in [1.165, 1.54) is 6.42 Å². The molecule has 46 valence electrons. The molecule has 8 heavy (non-hydrogen) atoms. The molecular weight excluding hydrogens is 98.1 g/mol. The molecule has 0 aliphatic rings. The van der Waals surface area contributed by atoms with Gasteiger partial charge in [0, 0.05) is 6.42 Å². The number of unbranched alkanes of at least 4 members (excludes halogenated alkanes) is 3. The Morgan fingerprint density at radius 1 is 1.25 bits per heavy atom. The Bertz CT molecular complexity index is 70.9. The highest BCUT2D eigenvalue weighted by molar-refractivity contribution is 4.82. The summed E-state index contributed by atoms with van der Waals surface area (Å²) in [5.41, 5.74) is 5.26. The lowest BCUT2D eigenvalue weighted by atomic mass is 10.2. The zero-order chi connectivity index (χ0) is 6.24. The van der Waals surface area contributed by atoms with Crippen molar-refractivity contribution in [1.29, 1.82) is 0 Å². The minimum atomic E-state index is 0.796. The zero-order valence-electron chi connectivity index (χ0n) is 5.19. The lowest BCUT2D eigenvalue weighted by Gasteiger charge is -1.90. The van der Waals surface area contributed by atoms with Gasteiger partial charge in [-0.05, 0) is 19.4 Å². The Balaban J connectivity index is 2.65. The van der Waals surface area contributed by atoms with E-state index in [-0.39, 0.29) is 0 Å². The van der Waals surface area contributed by atoms with Crippen LogP contribution in [0.5, 0.6) is 0 Å². The third-order valence-electron chi connectivity index (χ3n) is 1.03. The highest BCUT2D eigenvalue weighted by atomic mass is 14.5. The average molecular weight is 111 g/mol. The van der Waals surface area contributed by atoms with Crippen molar-refractivity contribution in [2.45, 2.75) is 25.7 Å². The number of rotatable bonds is 4. The van der Waals surface area contributed by atoms with Crippen molar-refractivity contribution >= 4 is 0 Å². The molecule has 0 fully saturated rings. The summed E-state index contributed by atoms with van der Waals surface area (Å²) in [5.74, 6) is 2.59. The molecule has 0 aromatic rings. The van der Waals surface area contributed by atoms with Crippen molar-refractivity contribution in [2.24, 2.45) is 5.73 Å². The molecule has 0 heterocycles. The molecule has 1 nitrogen and oxygen atoms in total. The molecule has 1 heteroatoms. The second kappa shape index (κ2) is 6.52. The van der Waals surface area contributed by atoms with Crippen LogP contribution in [0.1, 0.15) is 25.7 Å². The molecule has 0 spiro atoms. The van der Waals surface area contributed by atoms with Crippen LogP contribution in [0.15, 0.2) is 0 Å². The molecule has 0 aromatic carbocycles. The van der Waals surface area contributed by atoms with E-state index in [1.807, 2.05) is 0 Å². The molecule has 0 unspecified atom stereocenters. The number of hydrogen-bond acceptors (Lipinski definition) is 1. The third-order valence-corrected chi connectivity index (χ3v) is 1.03. The summed E-state index contributed by atoms with van der Waals surface area (Å²) in [6, 6.07) is 0. The molecular formula is C7H13N. The highest BCUT2D eigenvalue weighted by Gasteiger charge is 1.81. The molecule has 0 atom stereocenters. The summed E-state index contributed by atoms with van der Waals surface area (Å²) >= 11 is 0. The van der Waals surface area contributed by atoms with E-state index >= 15 is 0 Å². The normalized spacial score (nSPS) is 8.50. The molecule has 2 N–H and O–H groups in total. The Labute approximate surface area is 51.3 Å². The fraction of sp³-hybridized carbons (Fsp3) is 0.714. The summed E-state index contributed by atoms with van der Waals surface area (Å²) in [4.78, 5) is 0. The monoisotopic (exact) mass is 111 g/mol. The fourth-order valence-corrected chi connectivity index (χ4v) is 0.548. The van der Waals surface area contributed by atoms with Crippen LogP contribution in [-0.4, -0.2) is 6.54 Å². The van der Waals surface area contributed by atoms with Crippen molar-refractivity contribution in [3.05, 3.63) is 0 Å². The predicted octanol–water partition coefficient (Wildman–Crippen LogP) is 1.14. The number of hydrogen-bond donors (Lipinski definition) is 1. The number of terminal acetylenes is 1. The molecule has 0 bridgehead atoms. The van der Waals surface area contributed by atoms with Gasteiger partial charge in [0.2, 0.25) is 0 Å². The topological polar surface area (TPSA) is 26.0 Å². The van der Waals surface area contributed by atoms with E-state index in [2.05, 4.69) is 5.92 Å². The van der Waals surface area contributed by atoms with Gasteiger partial charge in [-0.1, -0.05) is 6.42 Å². The van der Waals surface area contributed by atoms with Crippen LogP contribution in [-0.2, 0) is 0 Å². The fourth-order valence-electron chi connectivity index (χ4n) is 0.548. The van der Waals surface area contributed by atoms with E-state index in [9.17, 15) is 0 Å². The van der Waals surface area contributed by atoms with Crippen molar-refractivity contribution in [3.63, 3.8) is 0 Å². The van der Waals surface area contributed by atoms with Gasteiger partial charge in [0.05, 0.1) is 0 Å². The highest BCUT2D eigenvalue weighted by Crippen LogP contribution is 1.95. The lowest BCUT2D eigenvalue weighted by Crippen LogP contribution is -1.97. The van der Waals surface area contributed by atoms with Crippen LogP contribution in [0.3, 0.4) is 0 Å². The minimum absolute atomic E-state index is 0.796. The lowest BCUT2D eigenvalue weighted by molar-refractivity contribution is 0.702. The SMILES string of the molecule is C#CCCCCCN. The van der Waals surface area contributed by atoms with Crippen LogP contribution in [0.2, 0.25) is 0 Å². The molecule has 0 saturated carbocycles. The van der Waals surface area contributed by atoms with E-state index in [4.69, 9.17) is 12.2 Å². The van der Waals surface area contributed by atoms with E-state index in [0.29, 0.717) is 0 Å². The van der Waals surface area contributed by atoms with Gasteiger partial charge in [-0.25, -0.2) is 0 Å². The first kappa shape index (κ1) is 7.52. The summed E-state index contributed by atoms with van der Waals surface area (Å²) in [5, 5.41) is 0. The maximum Gasteiger partial charge on any atom is 0.00860 e. The number of nitrogens with two attached hydrogens (primary N) is 1. The quantitative estimate of drug-likeness (QED) is 0.427. The van der Waals surface area contributed by atoms with E-state index < -0.39 is 0 Å². The largest absolute Gasteiger partial charge is 0.330 e. The summed E-state index contributed by atoms with van der Waals surface area (Å²) in [7, 11) is 0. The first-order valence-corrected chi connectivity index (χ1v) is 3.05. The van der Waals surface area contributed by atoms with Gasteiger partial charge in [0.25, 0.3) is 0 Å². The maximum absolute atomic E-state index is 5.26. The van der Waals surface area contributed by atoms with E-state index in [0.717, 1.165) is 25.8 Å². The smallest absolute Gasteiger partial charge is 0.00860 e. The molecule has 0 radical (unpaired) electrons. The van der Waals surface area contributed by atoms with Gasteiger partial charge < -0.3 is 5.73 Å². The van der Waals surface area contributed by atoms with Crippen molar-refractivity contribution in [3.8, 4) is 12.3 Å². The first-order chi connectivity index (χ1) is 3.91. The summed E-state index contributed by atoms with van der Waals surface area (Å²) in [6.07, 6.45) is 9.36. The van der Waals surface area contributed by atoms with Gasteiger partial charge in [0.1, 0.15) is 0 Å². The first-order valence-electron chi connectivity index (χ1n) is 3.05. The summed E-state index contributed by atoms with van der Waals surface area (Å²) < 4.78 is 0. The van der Waals surface area contributed by atoms with Crippen LogP contribution < -0.4 is 5.73 Å². The maximum atomic E-state index is 5.26. The second-order valence-corrected chi connectivity index (χ2v) is 1.80. The van der Waals surface area contributed by atoms with Crippen LogP contribution in [0.4, 0.5) is 0 Å². The zero-order valence-corrected chi connectivity index (χ0v) is 5.19. The molecule has 0 aliphatic carbocycles. The molecule has 0 aromatic heterocycles. The van der Waals surface area contributed by atoms with E-state index in [1.54, 1.807) is 0 Å². The predicted molar refractivity (Wildman–Crippen MR) is 36.4 cm³/mol. The van der Waals surface area contributed by atoms with Gasteiger partial charge in [0.15, 0.2) is 0 Å². The third kappa shape index (κ3) is 5.52. The van der Waals surface area contributed by atoms with Crippen LogP contribution >= 0.6 is 0 Å². The van der Waals surface area contributed by atoms with Crippen molar-refractivity contribution in [1.82, 2.24) is 0 Å². The second-order valence-electron chi connectivity index (χ2n) is 1.80. The standard InChI is InChI=1S/C7H13N/c1-2-3-4-5-6-7-8/h1H,3-8H2. The summed E-state index contributed by atoms with van der Waals surface area (Å²) in [6.45, 7) is 0.796.